The Morgan fingerprint density at radius 3 is 2.57 bits per heavy atom. The number of nitrogens with one attached hydrogen (secondary N) is 1. The third-order valence-electron chi connectivity index (χ3n) is 3.13. The van der Waals surface area contributed by atoms with Gasteiger partial charge < -0.3 is 14.8 Å². The number of carbonyl (C=O) groups excluding carboxylic acids is 1. The van der Waals surface area contributed by atoms with E-state index in [1.54, 1.807) is 18.2 Å². The number of carbonyl (C=O) groups is 1. The molecule has 0 unspecified atom stereocenters. The maximum atomic E-state index is 13.8. The molecule has 0 fully saturated rings. The van der Waals surface area contributed by atoms with Crippen LogP contribution in [0.5, 0.6) is 11.5 Å². The summed E-state index contributed by atoms with van der Waals surface area (Å²) < 4.78 is 24.9. The second kappa shape index (κ2) is 7.66. The van der Waals surface area contributed by atoms with Crippen molar-refractivity contribution in [2.75, 3.05) is 19.5 Å². The predicted octanol–water partition coefficient (Wildman–Crippen LogP) is 4.44. The molecule has 0 aliphatic heterocycles. The number of amides is 1. The molecule has 122 valence electrons. The van der Waals surface area contributed by atoms with Crippen molar-refractivity contribution in [1.29, 1.82) is 0 Å². The van der Waals surface area contributed by atoms with Gasteiger partial charge in [0.1, 0.15) is 0 Å². The molecule has 0 heterocycles. The number of anilines is 1. The number of methoxy groups -OCH3 is 2. The first kappa shape index (κ1) is 17.6. The first-order valence-corrected chi connectivity index (χ1v) is 7.77. The van der Waals surface area contributed by atoms with Crippen LogP contribution >= 0.6 is 27.5 Å². The lowest BCUT2D eigenvalue weighted by atomic mass is 10.1. The zero-order valence-corrected chi connectivity index (χ0v) is 14.8. The van der Waals surface area contributed by atoms with Crippen LogP contribution in [0, 0.1) is 5.82 Å². The number of halogens is 3. The van der Waals surface area contributed by atoms with Gasteiger partial charge >= 0.3 is 0 Å². The fourth-order valence-corrected chi connectivity index (χ4v) is 2.64. The van der Waals surface area contributed by atoms with Crippen molar-refractivity contribution in [1.82, 2.24) is 0 Å². The fourth-order valence-electron chi connectivity index (χ4n) is 2.00. The molecule has 7 heteroatoms. The van der Waals surface area contributed by atoms with E-state index in [0.29, 0.717) is 21.5 Å². The van der Waals surface area contributed by atoms with Gasteiger partial charge in [-0.3, -0.25) is 4.79 Å². The minimum Gasteiger partial charge on any atom is -0.493 e. The Morgan fingerprint density at radius 1 is 1.26 bits per heavy atom. The molecular formula is C16H14BrClFNO3. The Hall–Kier alpha value is -1.79. The van der Waals surface area contributed by atoms with Gasteiger partial charge in [0.15, 0.2) is 17.3 Å². The lowest BCUT2D eigenvalue weighted by molar-refractivity contribution is -0.115. The molecule has 2 aromatic rings. The maximum Gasteiger partial charge on any atom is 0.228 e. The highest BCUT2D eigenvalue weighted by molar-refractivity contribution is 9.10. The molecule has 0 saturated carbocycles. The smallest absolute Gasteiger partial charge is 0.228 e. The molecule has 1 amide bonds. The van der Waals surface area contributed by atoms with Crippen molar-refractivity contribution in [3.63, 3.8) is 0 Å². The van der Waals surface area contributed by atoms with E-state index in [1.165, 1.54) is 26.4 Å². The topological polar surface area (TPSA) is 47.6 Å². The summed E-state index contributed by atoms with van der Waals surface area (Å²) >= 11 is 9.07. The van der Waals surface area contributed by atoms with E-state index in [1.807, 2.05) is 0 Å². The summed E-state index contributed by atoms with van der Waals surface area (Å²) in [5.74, 6) is 0.0184. The predicted molar refractivity (Wildman–Crippen MR) is 91.0 cm³/mol. The molecule has 23 heavy (non-hydrogen) atoms. The quantitative estimate of drug-likeness (QED) is 0.804. The van der Waals surface area contributed by atoms with Crippen molar-refractivity contribution in [2.24, 2.45) is 0 Å². The Balaban J connectivity index is 2.18. The van der Waals surface area contributed by atoms with Crippen molar-refractivity contribution in [2.45, 2.75) is 6.42 Å². The van der Waals surface area contributed by atoms with E-state index in [9.17, 15) is 9.18 Å². The van der Waals surface area contributed by atoms with Gasteiger partial charge in [0, 0.05) is 4.47 Å². The normalized spacial score (nSPS) is 10.3. The number of rotatable bonds is 5. The van der Waals surface area contributed by atoms with Crippen LogP contribution in [0.25, 0.3) is 0 Å². The van der Waals surface area contributed by atoms with Crippen LogP contribution in [0.1, 0.15) is 5.56 Å². The van der Waals surface area contributed by atoms with Crippen molar-refractivity contribution < 1.29 is 18.7 Å². The first-order valence-electron chi connectivity index (χ1n) is 6.60. The number of hydrogen-bond donors (Lipinski definition) is 1. The average Bonchev–Trinajstić information content (AvgIpc) is 2.53. The van der Waals surface area contributed by atoms with Gasteiger partial charge in [0.2, 0.25) is 5.91 Å². The van der Waals surface area contributed by atoms with Crippen LogP contribution in [0.2, 0.25) is 5.02 Å². The van der Waals surface area contributed by atoms with E-state index in [4.69, 9.17) is 21.1 Å². The van der Waals surface area contributed by atoms with Crippen molar-refractivity contribution in [3.05, 3.63) is 51.2 Å². The average molecular weight is 403 g/mol. The number of hydrogen-bond acceptors (Lipinski definition) is 3. The highest BCUT2D eigenvalue weighted by atomic mass is 79.9. The largest absolute Gasteiger partial charge is 0.493 e. The molecule has 0 bridgehead atoms. The molecule has 0 aliphatic carbocycles. The molecule has 0 aliphatic rings. The minimum atomic E-state index is -0.658. The summed E-state index contributed by atoms with van der Waals surface area (Å²) in [4.78, 5) is 12.1. The molecule has 0 radical (unpaired) electrons. The molecule has 0 atom stereocenters. The minimum absolute atomic E-state index is 0.0346. The summed E-state index contributed by atoms with van der Waals surface area (Å²) in [6.07, 6.45) is 0.0346. The molecule has 0 spiro atoms. The molecule has 2 rings (SSSR count). The molecule has 1 N–H and O–H groups in total. The number of ether oxygens (including phenoxy) is 2. The van der Waals surface area contributed by atoms with Gasteiger partial charge in [-0.1, -0.05) is 33.6 Å². The molecule has 0 aromatic heterocycles. The third kappa shape index (κ3) is 4.14. The van der Waals surface area contributed by atoms with Gasteiger partial charge in [-0.2, -0.15) is 0 Å². The lowest BCUT2D eigenvalue weighted by Crippen LogP contribution is -2.16. The monoisotopic (exact) mass is 401 g/mol. The third-order valence-corrected chi connectivity index (χ3v) is 4.16. The van der Waals surface area contributed by atoms with E-state index >= 15 is 0 Å². The van der Waals surface area contributed by atoms with Gasteiger partial charge in [-0.05, 0) is 29.8 Å². The Kier molecular flexibility index (Phi) is 5.85. The summed E-state index contributed by atoms with van der Waals surface area (Å²) in [6.45, 7) is 0. The Morgan fingerprint density at radius 2 is 1.91 bits per heavy atom. The van der Waals surface area contributed by atoms with Crippen LogP contribution in [0.4, 0.5) is 10.1 Å². The van der Waals surface area contributed by atoms with E-state index in [2.05, 4.69) is 21.2 Å². The Labute approximate surface area is 146 Å². The van der Waals surface area contributed by atoms with Gasteiger partial charge in [0.25, 0.3) is 0 Å². The van der Waals surface area contributed by atoms with E-state index in [-0.39, 0.29) is 23.0 Å². The van der Waals surface area contributed by atoms with Crippen LogP contribution in [-0.2, 0) is 11.2 Å². The van der Waals surface area contributed by atoms with E-state index in [0.717, 1.165) is 0 Å². The summed E-state index contributed by atoms with van der Waals surface area (Å²) in [6, 6.07) is 7.83. The fraction of sp³-hybridized carbons (Fsp3) is 0.188. The van der Waals surface area contributed by atoms with E-state index < -0.39 is 5.82 Å². The van der Waals surface area contributed by atoms with Crippen LogP contribution in [0.3, 0.4) is 0 Å². The summed E-state index contributed by atoms with van der Waals surface area (Å²) in [5.41, 5.74) is 0.724. The first-order chi connectivity index (χ1) is 11.0. The van der Waals surface area contributed by atoms with Crippen LogP contribution in [0.15, 0.2) is 34.8 Å². The lowest BCUT2D eigenvalue weighted by Gasteiger charge is -2.12. The van der Waals surface area contributed by atoms with Crippen molar-refractivity contribution >= 4 is 39.1 Å². The van der Waals surface area contributed by atoms with Gasteiger partial charge in [-0.15, -0.1) is 0 Å². The summed E-state index contributed by atoms with van der Waals surface area (Å²) in [5, 5.41) is 2.46. The van der Waals surface area contributed by atoms with Crippen LogP contribution in [-0.4, -0.2) is 20.1 Å². The van der Waals surface area contributed by atoms with Crippen LogP contribution < -0.4 is 14.8 Å². The SMILES string of the molecule is COc1cc(Br)c(CC(=O)Nc2cccc(Cl)c2F)cc1OC. The highest BCUT2D eigenvalue weighted by Gasteiger charge is 2.14. The Bertz CT molecular complexity index is 740. The zero-order chi connectivity index (χ0) is 17.0. The standard InChI is InChI=1S/C16H14BrClFNO3/c1-22-13-6-9(10(17)8-14(13)23-2)7-15(21)20-12-5-3-4-11(18)16(12)19/h3-6,8H,7H2,1-2H3,(H,20,21). The van der Waals surface area contributed by atoms with Gasteiger partial charge in [-0.25, -0.2) is 4.39 Å². The van der Waals surface area contributed by atoms with Crippen molar-refractivity contribution in [3.8, 4) is 11.5 Å². The molecule has 0 saturated heterocycles. The number of benzene rings is 2. The summed E-state index contributed by atoms with van der Waals surface area (Å²) in [7, 11) is 3.04. The molecule has 4 nitrogen and oxygen atoms in total. The second-order valence-electron chi connectivity index (χ2n) is 4.62. The zero-order valence-electron chi connectivity index (χ0n) is 12.5. The highest BCUT2D eigenvalue weighted by Crippen LogP contribution is 2.33. The molecule has 2 aromatic carbocycles. The van der Waals surface area contributed by atoms with Gasteiger partial charge in [0.05, 0.1) is 31.4 Å². The maximum absolute atomic E-state index is 13.8. The molecular weight excluding hydrogens is 389 g/mol. The second-order valence-corrected chi connectivity index (χ2v) is 5.89.